The number of hydrogen-bond acceptors (Lipinski definition) is 4. The van der Waals surface area contributed by atoms with E-state index < -0.39 is 5.91 Å². The SMILES string of the molecule is Cc1cc(/C=N/NC(=O)c2cc3cc(Br)ccc3o2)cc(C)c1O. The van der Waals surface area contributed by atoms with Crippen molar-refractivity contribution in [2.24, 2.45) is 5.10 Å². The van der Waals surface area contributed by atoms with Gasteiger partial charge in [0.2, 0.25) is 0 Å². The Morgan fingerprint density at radius 1 is 1.21 bits per heavy atom. The summed E-state index contributed by atoms with van der Waals surface area (Å²) in [5.41, 5.74) is 5.37. The van der Waals surface area contributed by atoms with Gasteiger partial charge in [0.05, 0.1) is 6.21 Å². The summed E-state index contributed by atoms with van der Waals surface area (Å²) >= 11 is 3.38. The molecule has 5 nitrogen and oxygen atoms in total. The molecule has 0 aliphatic carbocycles. The number of nitrogens with zero attached hydrogens (tertiary/aromatic N) is 1. The first kappa shape index (κ1) is 16.3. The van der Waals surface area contributed by atoms with E-state index in [0.29, 0.717) is 5.58 Å². The smallest absolute Gasteiger partial charge is 0.307 e. The number of amides is 1. The van der Waals surface area contributed by atoms with Gasteiger partial charge in [-0.3, -0.25) is 4.79 Å². The lowest BCUT2D eigenvalue weighted by molar-refractivity contribution is 0.0929. The molecule has 122 valence electrons. The third kappa shape index (κ3) is 3.33. The topological polar surface area (TPSA) is 74.8 Å². The highest BCUT2D eigenvalue weighted by molar-refractivity contribution is 9.10. The first-order valence-electron chi connectivity index (χ1n) is 7.27. The molecule has 6 heteroatoms. The second kappa shape index (κ2) is 6.49. The number of benzene rings is 2. The Morgan fingerprint density at radius 2 is 1.92 bits per heavy atom. The minimum absolute atomic E-state index is 0.193. The number of hydrazone groups is 1. The average molecular weight is 387 g/mol. The summed E-state index contributed by atoms with van der Waals surface area (Å²) in [6, 6.07) is 10.8. The minimum Gasteiger partial charge on any atom is -0.507 e. The predicted molar refractivity (Wildman–Crippen MR) is 96.6 cm³/mol. The number of aromatic hydroxyl groups is 1. The lowest BCUT2D eigenvalue weighted by Crippen LogP contribution is -2.16. The third-order valence-corrected chi connectivity index (χ3v) is 4.09. The van der Waals surface area contributed by atoms with Crippen molar-refractivity contribution in [2.45, 2.75) is 13.8 Å². The second-order valence-electron chi connectivity index (χ2n) is 5.50. The van der Waals surface area contributed by atoms with E-state index in [1.54, 1.807) is 24.3 Å². The van der Waals surface area contributed by atoms with Crippen LogP contribution in [0.1, 0.15) is 27.2 Å². The fourth-order valence-electron chi connectivity index (χ4n) is 2.41. The molecule has 0 aliphatic rings. The molecule has 0 atom stereocenters. The van der Waals surface area contributed by atoms with Gasteiger partial charge in [-0.15, -0.1) is 0 Å². The molecule has 0 saturated heterocycles. The number of phenolic OH excluding ortho intramolecular Hbond substituents is 1. The van der Waals surface area contributed by atoms with Gasteiger partial charge in [-0.25, -0.2) is 5.43 Å². The predicted octanol–water partition coefficient (Wildman–Crippen LogP) is 4.28. The van der Waals surface area contributed by atoms with Gasteiger partial charge in [0.1, 0.15) is 11.3 Å². The summed E-state index contributed by atoms with van der Waals surface area (Å²) in [6.07, 6.45) is 1.52. The number of fused-ring (bicyclic) bond motifs is 1. The van der Waals surface area contributed by atoms with Crippen LogP contribution in [-0.4, -0.2) is 17.2 Å². The first-order valence-corrected chi connectivity index (χ1v) is 8.06. The average Bonchev–Trinajstić information content (AvgIpc) is 2.95. The fraction of sp³-hybridized carbons (Fsp3) is 0.111. The quantitative estimate of drug-likeness (QED) is 0.520. The van der Waals surface area contributed by atoms with Gasteiger partial charge in [0.25, 0.3) is 0 Å². The number of aryl methyl sites for hydroxylation is 2. The van der Waals surface area contributed by atoms with Gasteiger partial charge < -0.3 is 9.52 Å². The Balaban J connectivity index is 1.74. The summed E-state index contributed by atoms with van der Waals surface area (Å²) in [5.74, 6) is 0.0359. The number of halogens is 1. The summed E-state index contributed by atoms with van der Waals surface area (Å²) in [7, 11) is 0. The van der Waals surface area contributed by atoms with Gasteiger partial charge in [0, 0.05) is 9.86 Å². The Labute approximate surface area is 147 Å². The van der Waals surface area contributed by atoms with Gasteiger partial charge in [-0.2, -0.15) is 5.10 Å². The van der Waals surface area contributed by atoms with Crippen LogP contribution >= 0.6 is 15.9 Å². The Morgan fingerprint density at radius 3 is 2.62 bits per heavy atom. The van der Waals surface area contributed by atoms with E-state index >= 15 is 0 Å². The summed E-state index contributed by atoms with van der Waals surface area (Å²) in [4.78, 5) is 12.1. The monoisotopic (exact) mass is 386 g/mol. The van der Waals surface area contributed by atoms with Gasteiger partial charge in [0.15, 0.2) is 5.76 Å². The number of phenols is 1. The Hall–Kier alpha value is -2.60. The van der Waals surface area contributed by atoms with Gasteiger partial charge in [-0.05, 0) is 66.9 Å². The number of nitrogens with one attached hydrogen (secondary N) is 1. The van der Waals surface area contributed by atoms with Crippen LogP contribution in [0.2, 0.25) is 0 Å². The number of furan rings is 1. The Kier molecular flexibility index (Phi) is 4.40. The molecule has 1 heterocycles. The zero-order valence-electron chi connectivity index (χ0n) is 13.1. The van der Waals surface area contributed by atoms with Crippen molar-refractivity contribution >= 4 is 39.0 Å². The van der Waals surface area contributed by atoms with Crippen LogP contribution in [0.5, 0.6) is 5.75 Å². The molecule has 1 amide bonds. The van der Waals surface area contributed by atoms with Gasteiger partial charge in [-0.1, -0.05) is 15.9 Å². The van der Waals surface area contributed by atoms with E-state index in [0.717, 1.165) is 26.5 Å². The van der Waals surface area contributed by atoms with Crippen molar-refractivity contribution in [1.29, 1.82) is 0 Å². The number of rotatable bonds is 3. The van der Waals surface area contributed by atoms with Crippen molar-refractivity contribution < 1.29 is 14.3 Å². The molecule has 0 fully saturated rings. The van der Waals surface area contributed by atoms with E-state index in [1.807, 2.05) is 26.0 Å². The van der Waals surface area contributed by atoms with Crippen LogP contribution in [0.15, 0.2) is 50.4 Å². The molecular formula is C18H15BrN2O3. The molecule has 0 radical (unpaired) electrons. The lowest BCUT2D eigenvalue weighted by Gasteiger charge is -2.04. The normalized spacial score (nSPS) is 11.3. The molecule has 0 saturated carbocycles. The molecule has 2 N–H and O–H groups in total. The molecular weight excluding hydrogens is 372 g/mol. The number of hydrogen-bond donors (Lipinski definition) is 2. The molecule has 0 bridgehead atoms. The van der Waals surface area contributed by atoms with Crippen LogP contribution in [0, 0.1) is 13.8 Å². The summed E-state index contributed by atoms with van der Waals surface area (Å²) in [5, 5.41) is 14.5. The summed E-state index contributed by atoms with van der Waals surface area (Å²) < 4.78 is 6.42. The number of carbonyl (C=O) groups excluding carboxylic acids is 1. The van der Waals surface area contributed by atoms with Crippen LogP contribution < -0.4 is 5.43 Å². The zero-order valence-corrected chi connectivity index (χ0v) is 14.7. The molecule has 3 aromatic rings. The van der Waals surface area contributed by atoms with Crippen molar-refractivity contribution in [3.8, 4) is 5.75 Å². The van der Waals surface area contributed by atoms with E-state index in [9.17, 15) is 9.90 Å². The number of carbonyl (C=O) groups is 1. The van der Waals surface area contributed by atoms with Crippen LogP contribution in [0.3, 0.4) is 0 Å². The Bertz CT molecular complexity index is 937. The maximum Gasteiger partial charge on any atom is 0.307 e. The van der Waals surface area contributed by atoms with Gasteiger partial charge >= 0.3 is 5.91 Å². The fourth-order valence-corrected chi connectivity index (χ4v) is 2.79. The van der Waals surface area contributed by atoms with Crippen molar-refractivity contribution in [3.63, 3.8) is 0 Å². The minimum atomic E-state index is -0.425. The largest absolute Gasteiger partial charge is 0.507 e. The lowest BCUT2D eigenvalue weighted by atomic mass is 10.1. The van der Waals surface area contributed by atoms with Crippen molar-refractivity contribution in [2.75, 3.05) is 0 Å². The summed E-state index contributed by atoms with van der Waals surface area (Å²) in [6.45, 7) is 3.62. The third-order valence-electron chi connectivity index (χ3n) is 3.60. The molecule has 0 unspecified atom stereocenters. The highest BCUT2D eigenvalue weighted by Gasteiger charge is 2.11. The molecule has 3 rings (SSSR count). The van der Waals surface area contributed by atoms with E-state index in [2.05, 4.69) is 26.5 Å². The molecule has 0 aliphatic heterocycles. The van der Waals surface area contributed by atoms with E-state index in [-0.39, 0.29) is 11.5 Å². The molecule has 1 aromatic heterocycles. The zero-order chi connectivity index (χ0) is 17.3. The van der Waals surface area contributed by atoms with E-state index in [1.165, 1.54) is 6.21 Å². The van der Waals surface area contributed by atoms with Crippen LogP contribution in [-0.2, 0) is 0 Å². The van der Waals surface area contributed by atoms with Crippen molar-refractivity contribution in [1.82, 2.24) is 5.43 Å². The van der Waals surface area contributed by atoms with E-state index in [4.69, 9.17) is 4.42 Å². The molecule has 0 spiro atoms. The van der Waals surface area contributed by atoms with Crippen LogP contribution in [0.25, 0.3) is 11.0 Å². The first-order chi connectivity index (χ1) is 11.4. The maximum atomic E-state index is 12.1. The van der Waals surface area contributed by atoms with Crippen LogP contribution in [0.4, 0.5) is 0 Å². The highest BCUT2D eigenvalue weighted by Crippen LogP contribution is 2.23. The second-order valence-corrected chi connectivity index (χ2v) is 6.41. The molecule has 2 aromatic carbocycles. The standard InChI is InChI=1S/C18H15BrN2O3/c1-10-5-12(6-11(2)17(10)22)9-20-21-18(23)16-8-13-7-14(19)3-4-15(13)24-16/h3-9,22H,1-2H3,(H,21,23)/b20-9+. The maximum absolute atomic E-state index is 12.1. The highest BCUT2D eigenvalue weighted by atomic mass is 79.9. The van der Waals surface area contributed by atoms with Crippen molar-refractivity contribution in [3.05, 3.63) is 63.3 Å². The molecule has 24 heavy (non-hydrogen) atoms.